The maximum Gasteiger partial charge on any atom is 0.416 e. The minimum atomic E-state index is -4.45. The molecular formula is C29H29F4N3O. The molecule has 1 saturated heterocycles. The Bertz CT molecular complexity index is 1250. The number of piperazine rings is 1. The minimum absolute atomic E-state index is 0.0297. The molecule has 1 amide bonds. The molecular weight excluding hydrogens is 482 g/mol. The van der Waals surface area contributed by atoms with Gasteiger partial charge in [-0.1, -0.05) is 48.5 Å². The molecule has 194 valence electrons. The van der Waals surface area contributed by atoms with Gasteiger partial charge in [0.15, 0.2) is 0 Å². The second-order valence-corrected chi connectivity index (χ2v) is 9.76. The summed E-state index contributed by atoms with van der Waals surface area (Å²) in [5.74, 6) is -1.23. The van der Waals surface area contributed by atoms with Crippen LogP contribution >= 0.6 is 0 Å². The third kappa shape index (κ3) is 5.64. The van der Waals surface area contributed by atoms with E-state index in [0.717, 1.165) is 31.3 Å². The molecule has 5 rings (SSSR count). The summed E-state index contributed by atoms with van der Waals surface area (Å²) in [5.41, 5.74) is 2.18. The molecule has 0 radical (unpaired) electrons. The Morgan fingerprint density at radius 2 is 1.73 bits per heavy atom. The molecule has 2 aliphatic rings. The minimum Gasteiger partial charge on any atom is -0.365 e. The number of nitrogens with zero attached hydrogens (tertiary/aromatic N) is 2. The van der Waals surface area contributed by atoms with Crippen molar-refractivity contribution in [2.24, 2.45) is 5.92 Å². The van der Waals surface area contributed by atoms with Crippen molar-refractivity contribution in [3.8, 4) is 0 Å². The Kier molecular flexibility index (Phi) is 7.20. The number of halogens is 4. The number of hydrogen-bond acceptors (Lipinski definition) is 3. The Balaban J connectivity index is 1.37. The molecule has 0 aromatic heterocycles. The quantitative estimate of drug-likeness (QED) is 0.470. The van der Waals surface area contributed by atoms with E-state index in [1.165, 1.54) is 23.8 Å². The first-order chi connectivity index (χ1) is 17.8. The van der Waals surface area contributed by atoms with Crippen molar-refractivity contribution in [3.63, 3.8) is 0 Å². The van der Waals surface area contributed by atoms with Crippen molar-refractivity contribution in [1.82, 2.24) is 10.2 Å². The molecule has 0 spiro atoms. The van der Waals surface area contributed by atoms with Gasteiger partial charge in [0.1, 0.15) is 5.82 Å². The molecule has 0 aliphatic carbocycles. The highest BCUT2D eigenvalue weighted by Crippen LogP contribution is 2.39. The highest BCUT2D eigenvalue weighted by Gasteiger charge is 2.42. The van der Waals surface area contributed by atoms with Crippen LogP contribution < -0.4 is 10.2 Å². The summed E-state index contributed by atoms with van der Waals surface area (Å²) >= 11 is 0. The van der Waals surface area contributed by atoms with Crippen molar-refractivity contribution in [1.29, 1.82) is 0 Å². The molecule has 2 aliphatic heterocycles. The van der Waals surface area contributed by atoms with Gasteiger partial charge in [-0.15, -0.1) is 0 Å². The second kappa shape index (κ2) is 10.5. The van der Waals surface area contributed by atoms with Crippen molar-refractivity contribution in [2.75, 3.05) is 31.1 Å². The maximum atomic E-state index is 14.1. The molecule has 2 atom stereocenters. The molecule has 0 bridgehead atoms. The number of alkyl halides is 3. The van der Waals surface area contributed by atoms with Crippen LogP contribution in [-0.2, 0) is 30.4 Å². The predicted molar refractivity (Wildman–Crippen MR) is 135 cm³/mol. The molecule has 2 heterocycles. The molecule has 4 nitrogen and oxygen atoms in total. The van der Waals surface area contributed by atoms with Gasteiger partial charge in [0.2, 0.25) is 5.91 Å². The van der Waals surface area contributed by atoms with Gasteiger partial charge < -0.3 is 10.2 Å². The number of carbonyl (C=O) groups is 1. The monoisotopic (exact) mass is 511 g/mol. The fraction of sp³-hybridized carbons (Fsp3) is 0.345. The van der Waals surface area contributed by atoms with Gasteiger partial charge in [0.25, 0.3) is 0 Å². The standard InChI is InChI=1S/C29H29F4N3O/c30-25-9-5-4-8-21(25)18-34-28(37)24-17-22-16-23(29(31,32)33)10-11-26(22)36-15-14-35(19-27(24)36)13-12-20-6-2-1-3-7-20/h1-11,16,24,27H,12-15,17-19H2,(H,34,37). The van der Waals surface area contributed by atoms with Crippen LogP contribution in [0.2, 0.25) is 0 Å². The van der Waals surface area contributed by atoms with Gasteiger partial charge in [0.05, 0.1) is 17.5 Å². The molecule has 1 fully saturated rings. The van der Waals surface area contributed by atoms with E-state index in [0.29, 0.717) is 24.2 Å². The zero-order chi connectivity index (χ0) is 26.0. The highest BCUT2D eigenvalue weighted by molar-refractivity contribution is 5.82. The molecule has 8 heteroatoms. The predicted octanol–water partition coefficient (Wildman–Crippen LogP) is 5.07. The van der Waals surface area contributed by atoms with Gasteiger partial charge in [-0.25, -0.2) is 4.39 Å². The summed E-state index contributed by atoms with van der Waals surface area (Å²) in [6.07, 6.45) is -3.37. The van der Waals surface area contributed by atoms with Crippen molar-refractivity contribution in [2.45, 2.75) is 31.6 Å². The fourth-order valence-electron chi connectivity index (χ4n) is 5.45. The SMILES string of the molecule is O=C(NCc1ccccc1F)C1Cc2cc(C(F)(F)F)ccc2N2CCN(CCc3ccccc3)CC12. The first-order valence-corrected chi connectivity index (χ1v) is 12.5. The number of carbonyl (C=O) groups excluding carboxylic acids is 1. The molecule has 37 heavy (non-hydrogen) atoms. The Morgan fingerprint density at radius 3 is 2.49 bits per heavy atom. The lowest BCUT2D eigenvalue weighted by molar-refractivity contribution is -0.137. The maximum absolute atomic E-state index is 14.1. The third-order valence-electron chi connectivity index (χ3n) is 7.43. The van der Waals surface area contributed by atoms with Gasteiger partial charge in [0, 0.05) is 44.0 Å². The molecule has 1 N–H and O–H groups in total. The molecule has 0 saturated carbocycles. The number of hydrogen-bond donors (Lipinski definition) is 1. The highest BCUT2D eigenvalue weighted by atomic mass is 19.4. The van der Waals surface area contributed by atoms with Crippen LogP contribution in [0, 0.1) is 11.7 Å². The number of fused-ring (bicyclic) bond motifs is 3. The van der Waals surface area contributed by atoms with Crippen LogP contribution in [0.15, 0.2) is 72.8 Å². The lowest BCUT2D eigenvalue weighted by Crippen LogP contribution is -2.61. The number of nitrogens with one attached hydrogen (secondary N) is 1. The topological polar surface area (TPSA) is 35.6 Å². The second-order valence-electron chi connectivity index (χ2n) is 9.76. The summed E-state index contributed by atoms with van der Waals surface area (Å²) in [7, 11) is 0. The first kappa shape index (κ1) is 25.3. The largest absolute Gasteiger partial charge is 0.416 e. The van der Waals surface area contributed by atoms with Crippen LogP contribution in [0.1, 0.15) is 22.3 Å². The summed E-state index contributed by atoms with van der Waals surface area (Å²) in [4.78, 5) is 17.8. The van der Waals surface area contributed by atoms with Gasteiger partial charge in [-0.05, 0) is 48.2 Å². The number of benzene rings is 3. The van der Waals surface area contributed by atoms with Gasteiger partial charge >= 0.3 is 6.18 Å². The van der Waals surface area contributed by atoms with Gasteiger partial charge in [-0.2, -0.15) is 13.2 Å². The lowest BCUT2D eigenvalue weighted by Gasteiger charge is -2.49. The Labute approximate surface area is 213 Å². The Morgan fingerprint density at radius 1 is 0.973 bits per heavy atom. The van der Waals surface area contributed by atoms with Crippen LogP contribution in [0.3, 0.4) is 0 Å². The van der Waals surface area contributed by atoms with Crippen molar-refractivity contribution >= 4 is 11.6 Å². The lowest BCUT2D eigenvalue weighted by atomic mass is 9.82. The van der Waals surface area contributed by atoms with Crippen molar-refractivity contribution in [3.05, 3.63) is 101 Å². The molecule has 3 aromatic rings. The number of anilines is 1. The summed E-state index contributed by atoms with van der Waals surface area (Å²) < 4.78 is 54.4. The van der Waals surface area contributed by atoms with Crippen LogP contribution in [0.5, 0.6) is 0 Å². The van der Waals surface area contributed by atoms with E-state index in [2.05, 4.69) is 27.2 Å². The van der Waals surface area contributed by atoms with E-state index in [1.54, 1.807) is 18.2 Å². The van der Waals surface area contributed by atoms with E-state index < -0.39 is 23.5 Å². The number of amides is 1. The zero-order valence-corrected chi connectivity index (χ0v) is 20.3. The summed E-state index contributed by atoms with van der Waals surface area (Å²) in [5, 5.41) is 2.84. The smallest absolute Gasteiger partial charge is 0.365 e. The van der Waals surface area contributed by atoms with E-state index in [1.807, 2.05) is 18.2 Å². The van der Waals surface area contributed by atoms with Crippen LogP contribution in [-0.4, -0.2) is 43.0 Å². The fourth-order valence-corrected chi connectivity index (χ4v) is 5.45. The average molecular weight is 512 g/mol. The number of rotatable bonds is 6. The van der Waals surface area contributed by atoms with E-state index in [-0.39, 0.29) is 24.9 Å². The average Bonchev–Trinajstić information content (AvgIpc) is 2.90. The van der Waals surface area contributed by atoms with Crippen molar-refractivity contribution < 1.29 is 22.4 Å². The molecule has 2 unspecified atom stereocenters. The van der Waals surface area contributed by atoms with Crippen LogP contribution in [0.4, 0.5) is 23.2 Å². The van der Waals surface area contributed by atoms with E-state index in [9.17, 15) is 22.4 Å². The Hall–Kier alpha value is -3.39. The van der Waals surface area contributed by atoms with E-state index >= 15 is 0 Å². The van der Waals surface area contributed by atoms with E-state index in [4.69, 9.17) is 0 Å². The summed E-state index contributed by atoms with van der Waals surface area (Å²) in [6.45, 7) is 2.87. The van der Waals surface area contributed by atoms with Gasteiger partial charge in [-0.3, -0.25) is 9.69 Å². The van der Waals surface area contributed by atoms with Crippen LogP contribution in [0.25, 0.3) is 0 Å². The molecule has 3 aromatic carbocycles. The first-order valence-electron chi connectivity index (χ1n) is 12.5. The third-order valence-corrected chi connectivity index (χ3v) is 7.43. The zero-order valence-electron chi connectivity index (χ0n) is 20.3. The summed E-state index contributed by atoms with van der Waals surface area (Å²) in [6, 6.07) is 20.1. The normalized spacial score (nSPS) is 19.7.